The van der Waals surface area contributed by atoms with Gasteiger partial charge in [-0.1, -0.05) is 36.4 Å². The summed E-state index contributed by atoms with van der Waals surface area (Å²) in [6.45, 7) is 0.224. The van der Waals surface area contributed by atoms with Crippen LogP contribution < -0.4 is 21.7 Å². The number of hydrogen-bond acceptors (Lipinski definition) is 3. The molecule has 0 radical (unpaired) electrons. The third-order valence-electron chi connectivity index (χ3n) is 4.56. The molecule has 1 fully saturated rings. The third kappa shape index (κ3) is 4.99. The van der Waals surface area contributed by atoms with Crippen LogP contribution >= 0.6 is 0 Å². The van der Waals surface area contributed by atoms with E-state index in [4.69, 9.17) is 5.73 Å². The second-order valence-corrected chi connectivity index (χ2v) is 6.60. The lowest BCUT2D eigenvalue weighted by molar-refractivity contribution is -0.117. The fraction of sp³-hybridized carbons (Fsp3) is 0.300. The van der Waals surface area contributed by atoms with E-state index in [9.17, 15) is 9.59 Å². The lowest BCUT2D eigenvalue weighted by atomic mass is 9.76. The van der Waals surface area contributed by atoms with Crippen LogP contribution in [0.25, 0.3) is 0 Å². The van der Waals surface area contributed by atoms with Crippen molar-refractivity contribution < 1.29 is 9.59 Å². The Balaban J connectivity index is 1.46. The Kier molecular flexibility index (Phi) is 5.73. The molecule has 5 N–H and O–H groups in total. The summed E-state index contributed by atoms with van der Waals surface area (Å²) in [4.78, 5) is 22.5. The van der Waals surface area contributed by atoms with Crippen LogP contribution in [0.15, 0.2) is 54.6 Å². The monoisotopic (exact) mass is 352 g/mol. The molecule has 6 nitrogen and oxygen atoms in total. The van der Waals surface area contributed by atoms with Crippen molar-refractivity contribution in [3.05, 3.63) is 60.2 Å². The van der Waals surface area contributed by atoms with Gasteiger partial charge in [0, 0.05) is 30.4 Å². The number of urea groups is 1. The summed E-state index contributed by atoms with van der Waals surface area (Å²) in [6, 6.07) is 18.3. The molecule has 0 saturated heterocycles. The molecule has 1 aliphatic rings. The van der Waals surface area contributed by atoms with E-state index in [1.165, 1.54) is 5.56 Å². The molecule has 6 heteroatoms. The Hall–Kier alpha value is -3.02. The van der Waals surface area contributed by atoms with Crippen LogP contribution in [0.1, 0.15) is 30.7 Å². The second-order valence-electron chi connectivity index (χ2n) is 6.60. The Bertz CT molecular complexity index is 757. The molecule has 0 bridgehead atoms. The molecule has 2 aromatic rings. The van der Waals surface area contributed by atoms with Gasteiger partial charge in [-0.05, 0) is 42.5 Å². The van der Waals surface area contributed by atoms with E-state index in [1.807, 2.05) is 30.3 Å². The van der Waals surface area contributed by atoms with Gasteiger partial charge in [0.05, 0.1) is 0 Å². The summed E-state index contributed by atoms with van der Waals surface area (Å²) in [5.41, 5.74) is 8.12. The molecule has 1 saturated carbocycles. The molecule has 0 spiro atoms. The number of nitrogens with one attached hydrogen (secondary N) is 3. The summed E-state index contributed by atoms with van der Waals surface area (Å²) < 4.78 is 0. The third-order valence-corrected chi connectivity index (χ3v) is 4.56. The molecule has 3 amide bonds. The molecular formula is C20H24N4O2. The average molecular weight is 352 g/mol. The Labute approximate surface area is 153 Å². The summed E-state index contributed by atoms with van der Waals surface area (Å²) in [5.74, 6) is 0.178. The molecule has 0 heterocycles. The number of primary amides is 1. The van der Waals surface area contributed by atoms with Crippen molar-refractivity contribution in [1.29, 1.82) is 0 Å². The van der Waals surface area contributed by atoms with Crippen LogP contribution in [0.4, 0.5) is 16.2 Å². The van der Waals surface area contributed by atoms with Crippen LogP contribution in [0.5, 0.6) is 0 Å². The molecule has 0 atom stereocenters. The minimum absolute atomic E-state index is 0.124. The van der Waals surface area contributed by atoms with Crippen LogP contribution in [-0.2, 0) is 4.79 Å². The molecule has 1 aliphatic carbocycles. The number of carbonyl (C=O) groups excluding carboxylic acids is 2. The first kappa shape index (κ1) is 17.8. The Morgan fingerprint density at radius 2 is 1.73 bits per heavy atom. The predicted molar refractivity (Wildman–Crippen MR) is 103 cm³/mol. The maximum Gasteiger partial charge on any atom is 0.319 e. The summed E-state index contributed by atoms with van der Waals surface area (Å²) >= 11 is 0. The molecule has 2 aromatic carbocycles. The number of carbonyl (C=O) groups is 2. The summed E-state index contributed by atoms with van der Waals surface area (Å²) in [7, 11) is 0. The minimum atomic E-state index is -0.439. The van der Waals surface area contributed by atoms with E-state index in [1.54, 1.807) is 0 Å². The molecular weight excluding hydrogens is 328 g/mol. The van der Waals surface area contributed by atoms with Gasteiger partial charge in [0.15, 0.2) is 0 Å². The zero-order valence-corrected chi connectivity index (χ0v) is 14.6. The highest BCUT2D eigenvalue weighted by Gasteiger charge is 2.29. The zero-order valence-electron chi connectivity index (χ0n) is 14.6. The first-order chi connectivity index (χ1) is 12.6. The number of hydrogen-bond donors (Lipinski definition) is 4. The van der Waals surface area contributed by atoms with E-state index < -0.39 is 5.91 Å². The normalized spacial score (nSPS) is 18.5. The van der Waals surface area contributed by atoms with Crippen LogP contribution in [0.3, 0.4) is 0 Å². The zero-order chi connectivity index (χ0) is 18.4. The fourth-order valence-electron chi connectivity index (χ4n) is 3.13. The number of amides is 3. The van der Waals surface area contributed by atoms with E-state index >= 15 is 0 Å². The minimum Gasteiger partial charge on any atom is -0.382 e. The molecule has 26 heavy (non-hydrogen) atoms. The van der Waals surface area contributed by atoms with Gasteiger partial charge in [0.25, 0.3) is 0 Å². The van der Waals surface area contributed by atoms with Crippen molar-refractivity contribution in [1.82, 2.24) is 5.32 Å². The van der Waals surface area contributed by atoms with Gasteiger partial charge in [-0.3, -0.25) is 4.79 Å². The van der Waals surface area contributed by atoms with Crippen LogP contribution in [-0.4, -0.2) is 24.5 Å². The van der Waals surface area contributed by atoms with Crippen LogP contribution in [0, 0.1) is 0 Å². The smallest absolute Gasteiger partial charge is 0.319 e. The lowest BCUT2D eigenvalue weighted by Gasteiger charge is -2.37. The van der Waals surface area contributed by atoms with Gasteiger partial charge in [0.1, 0.15) is 0 Å². The van der Waals surface area contributed by atoms with Crippen molar-refractivity contribution in [3.63, 3.8) is 0 Å². The highest BCUT2D eigenvalue weighted by Crippen LogP contribution is 2.38. The van der Waals surface area contributed by atoms with E-state index in [0.29, 0.717) is 17.6 Å². The predicted octanol–water partition coefficient (Wildman–Crippen LogP) is 3.04. The van der Waals surface area contributed by atoms with Gasteiger partial charge in [-0.25, -0.2) is 4.79 Å². The number of benzene rings is 2. The molecule has 0 aromatic heterocycles. The summed E-state index contributed by atoms with van der Waals surface area (Å²) in [6.07, 6.45) is 2.34. The highest BCUT2D eigenvalue weighted by atomic mass is 16.2. The maximum atomic E-state index is 11.8. The van der Waals surface area contributed by atoms with E-state index in [2.05, 4.69) is 40.2 Å². The summed E-state index contributed by atoms with van der Waals surface area (Å²) in [5, 5.41) is 8.87. The standard InChI is InChI=1S/C20H24N4O2/c21-19(25)9-10-22-20(26)24-17-8-4-7-16(13-17)23-18-11-15(12-18)14-5-2-1-3-6-14/h1-8,13,15,18,23H,9-12H2,(H2,21,25)(H2,22,24,26). The average Bonchev–Trinajstić information content (AvgIpc) is 2.58. The van der Waals surface area contributed by atoms with E-state index in [-0.39, 0.29) is 19.0 Å². The van der Waals surface area contributed by atoms with Gasteiger partial charge >= 0.3 is 6.03 Å². The largest absolute Gasteiger partial charge is 0.382 e. The lowest BCUT2D eigenvalue weighted by Crippen LogP contribution is -2.34. The first-order valence-corrected chi connectivity index (χ1v) is 8.85. The Morgan fingerprint density at radius 3 is 2.46 bits per heavy atom. The molecule has 136 valence electrons. The topological polar surface area (TPSA) is 96.2 Å². The van der Waals surface area contributed by atoms with Crippen molar-refractivity contribution >= 4 is 23.3 Å². The highest BCUT2D eigenvalue weighted by molar-refractivity contribution is 5.90. The van der Waals surface area contributed by atoms with Gasteiger partial charge in [-0.15, -0.1) is 0 Å². The van der Waals surface area contributed by atoms with Gasteiger partial charge in [0.2, 0.25) is 5.91 Å². The SMILES string of the molecule is NC(=O)CCNC(=O)Nc1cccc(NC2CC(c3ccccc3)C2)c1. The maximum absolute atomic E-state index is 11.8. The van der Waals surface area contributed by atoms with Gasteiger partial charge in [-0.2, -0.15) is 0 Å². The Morgan fingerprint density at radius 1 is 1.00 bits per heavy atom. The fourth-order valence-corrected chi connectivity index (χ4v) is 3.13. The molecule has 0 aliphatic heterocycles. The molecule has 0 unspecified atom stereocenters. The van der Waals surface area contributed by atoms with Crippen molar-refractivity contribution in [3.8, 4) is 0 Å². The van der Waals surface area contributed by atoms with Gasteiger partial charge < -0.3 is 21.7 Å². The molecule has 3 rings (SSSR count). The van der Waals surface area contributed by atoms with Crippen LogP contribution in [0.2, 0.25) is 0 Å². The number of nitrogens with two attached hydrogens (primary N) is 1. The van der Waals surface area contributed by atoms with E-state index in [0.717, 1.165) is 18.5 Å². The number of anilines is 2. The second kappa shape index (κ2) is 8.38. The first-order valence-electron chi connectivity index (χ1n) is 8.85. The number of rotatable bonds is 7. The quantitative estimate of drug-likeness (QED) is 0.617. The van der Waals surface area contributed by atoms with Crippen molar-refractivity contribution in [2.75, 3.05) is 17.2 Å². The van der Waals surface area contributed by atoms with Crippen molar-refractivity contribution in [2.24, 2.45) is 5.73 Å². The van der Waals surface area contributed by atoms with Crippen molar-refractivity contribution in [2.45, 2.75) is 31.2 Å².